The van der Waals surface area contributed by atoms with Crippen molar-refractivity contribution in [2.45, 2.75) is 0 Å². The molecule has 0 atom stereocenters. The molecule has 0 spiro atoms. The molecular weight excluding hydrogens is 152 g/mol. The Bertz CT molecular complexity index is 293. The molecule has 0 saturated carbocycles. The van der Waals surface area contributed by atoms with Crippen molar-refractivity contribution in [3.8, 4) is 0 Å². The number of para-hydroxylation sites is 1. The highest BCUT2D eigenvalue weighted by Crippen LogP contribution is 2.16. The summed E-state index contributed by atoms with van der Waals surface area (Å²) in [5, 5.41) is 0. The Labute approximate surface area is 71.0 Å². The number of hydrogen-bond acceptors (Lipinski definition) is 4. The highest BCUT2D eigenvalue weighted by Gasteiger charge is 2.01. The summed E-state index contributed by atoms with van der Waals surface area (Å²) in [6, 6.07) is 7.35. The van der Waals surface area contributed by atoms with E-state index in [-0.39, 0.29) is 0 Å². The van der Waals surface area contributed by atoms with Gasteiger partial charge in [0.25, 0.3) is 0 Å². The number of nitrogens with one attached hydrogen (secondary N) is 1. The molecule has 0 amide bonds. The standard InChI is InChI=1S/C8H12N4/c9-5-8(12-11)6-3-1-2-4-7(6)10/h1-5,12H,9-11H2/b8-5+. The average Bonchev–Trinajstić information content (AvgIpc) is 2.10. The van der Waals surface area contributed by atoms with Crippen molar-refractivity contribution in [2.75, 3.05) is 5.73 Å². The summed E-state index contributed by atoms with van der Waals surface area (Å²) in [5.74, 6) is 5.23. The SMILES string of the molecule is N/C=C(/NN)c1ccccc1N. The number of rotatable bonds is 2. The molecule has 4 nitrogen and oxygen atoms in total. The van der Waals surface area contributed by atoms with Crippen LogP contribution in [0.25, 0.3) is 5.70 Å². The van der Waals surface area contributed by atoms with Gasteiger partial charge in [-0.2, -0.15) is 0 Å². The van der Waals surface area contributed by atoms with E-state index in [1.165, 1.54) is 6.20 Å². The fourth-order valence-corrected chi connectivity index (χ4v) is 0.958. The van der Waals surface area contributed by atoms with Crippen molar-refractivity contribution in [2.24, 2.45) is 11.6 Å². The molecule has 12 heavy (non-hydrogen) atoms. The zero-order valence-electron chi connectivity index (χ0n) is 6.62. The van der Waals surface area contributed by atoms with Gasteiger partial charge in [-0.15, -0.1) is 0 Å². The third kappa shape index (κ3) is 1.49. The van der Waals surface area contributed by atoms with Crippen LogP contribution in [0.5, 0.6) is 0 Å². The quantitative estimate of drug-likeness (QED) is 0.281. The van der Waals surface area contributed by atoms with Gasteiger partial charge >= 0.3 is 0 Å². The van der Waals surface area contributed by atoms with Crippen LogP contribution >= 0.6 is 0 Å². The maximum atomic E-state index is 5.68. The lowest BCUT2D eigenvalue weighted by Crippen LogP contribution is -2.21. The molecule has 1 aromatic carbocycles. The third-order valence-electron chi connectivity index (χ3n) is 1.57. The van der Waals surface area contributed by atoms with Crippen LogP contribution in [0.3, 0.4) is 0 Å². The molecule has 1 rings (SSSR count). The third-order valence-corrected chi connectivity index (χ3v) is 1.57. The molecule has 0 radical (unpaired) electrons. The molecular formula is C8H12N4. The summed E-state index contributed by atoms with van der Waals surface area (Å²) < 4.78 is 0. The predicted octanol–water partition coefficient (Wildman–Crippen LogP) is -0.0108. The number of nitrogen functional groups attached to an aromatic ring is 1. The fourth-order valence-electron chi connectivity index (χ4n) is 0.958. The van der Waals surface area contributed by atoms with Gasteiger partial charge in [0.15, 0.2) is 0 Å². The van der Waals surface area contributed by atoms with E-state index < -0.39 is 0 Å². The Morgan fingerprint density at radius 1 is 1.33 bits per heavy atom. The smallest absolute Gasteiger partial charge is 0.0734 e. The topological polar surface area (TPSA) is 90.1 Å². The fraction of sp³-hybridized carbons (Fsp3) is 0. The van der Waals surface area contributed by atoms with E-state index in [0.717, 1.165) is 5.56 Å². The molecule has 0 bridgehead atoms. The van der Waals surface area contributed by atoms with Crippen LogP contribution in [0.4, 0.5) is 5.69 Å². The molecule has 0 aliphatic heterocycles. The molecule has 0 fully saturated rings. The first-order valence-electron chi connectivity index (χ1n) is 3.53. The Balaban J connectivity index is 3.10. The first-order chi connectivity index (χ1) is 5.79. The van der Waals surface area contributed by atoms with E-state index >= 15 is 0 Å². The molecule has 0 aliphatic rings. The van der Waals surface area contributed by atoms with Crippen molar-refractivity contribution >= 4 is 11.4 Å². The minimum Gasteiger partial charge on any atom is -0.403 e. The Hall–Kier alpha value is -1.68. The molecule has 0 aromatic heterocycles. The van der Waals surface area contributed by atoms with Crippen molar-refractivity contribution in [3.05, 3.63) is 36.0 Å². The number of hydrazine groups is 1. The van der Waals surface area contributed by atoms with E-state index in [1.54, 1.807) is 6.07 Å². The average molecular weight is 164 g/mol. The van der Waals surface area contributed by atoms with Gasteiger partial charge in [-0.25, -0.2) is 0 Å². The normalized spacial score (nSPS) is 11.2. The van der Waals surface area contributed by atoms with Gasteiger partial charge < -0.3 is 16.9 Å². The molecule has 1 aromatic rings. The molecule has 64 valence electrons. The van der Waals surface area contributed by atoms with E-state index in [0.29, 0.717) is 11.4 Å². The molecule has 0 unspecified atom stereocenters. The Kier molecular flexibility index (Phi) is 2.55. The van der Waals surface area contributed by atoms with Gasteiger partial charge in [-0.3, -0.25) is 5.84 Å². The molecule has 4 heteroatoms. The number of anilines is 1. The van der Waals surface area contributed by atoms with Gasteiger partial charge in [0, 0.05) is 17.5 Å². The van der Waals surface area contributed by atoms with Crippen LogP contribution in [-0.2, 0) is 0 Å². The van der Waals surface area contributed by atoms with Crippen LogP contribution in [0, 0.1) is 0 Å². The van der Waals surface area contributed by atoms with Crippen molar-refractivity contribution < 1.29 is 0 Å². The molecule has 7 N–H and O–H groups in total. The predicted molar refractivity (Wildman–Crippen MR) is 50.3 cm³/mol. The Morgan fingerprint density at radius 3 is 2.50 bits per heavy atom. The van der Waals surface area contributed by atoms with E-state index in [1.807, 2.05) is 18.2 Å². The van der Waals surface area contributed by atoms with Crippen LogP contribution in [0.15, 0.2) is 30.5 Å². The first-order valence-corrected chi connectivity index (χ1v) is 3.53. The minimum atomic E-state index is 0.619. The summed E-state index contributed by atoms with van der Waals surface area (Å²) in [5.41, 5.74) is 15.5. The van der Waals surface area contributed by atoms with Crippen molar-refractivity contribution in [3.63, 3.8) is 0 Å². The van der Waals surface area contributed by atoms with Crippen LogP contribution in [0.1, 0.15) is 5.56 Å². The first kappa shape index (κ1) is 8.42. The lowest BCUT2D eigenvalue weighted by Gasteiger charge is -2.07. The van der Waals surface area contributed by atoms with Crippen LogP contribution < -0.4 is 22.7 Å². The van der Waals surface area contributed by atoms with Gasteiger partial charge in [-0.05, 0) is 6.07 Å². The number of nitrogens with two attached hydrogens (primary N) is 3. The molecule has 0 saturated heterocycles. The van der Waals surface area contributed by atoms with Crippen molar-refractivity contribution in [1.29, 1.82) is 0 Å². The maximum absolute atomic E-state index is 5.68. The zero-order chi connectivity index (χ0) is 8.97. The second-order valence-corrected chi connectivity index (χ2v) is 2.31. The Morgan fingerprint density at radius 2 is 2.00 bits per heavy atom. The zero-order valence-corrected chi connectivity index (χ0v) is 6.62. The summed E-state index contributed by atoms with van der Waals surface area (Å²) in [6.45, 7) is 0. The van der Waals surface area contributed by atoms with E-state index in [9.17, 15) is 0 Å². The largest absolute Gasteiger partial charge is 0.403 e. The van der Waals surface area contributed by atoms with Gasteiger partial charge in [0.05, 0.1) is 5.70 Å². The summed E-state index contributed by atoms with van der Waals surface area (Å²) >= 11 is 0. The van der Waals surface area contributed by atoms with Crippen molar-refractivity contribution in [1.82, 2.24) is 5.43 Å². The molecule has 0 aliphatic carbocycles. The minimum absolute atomic E-state index is 0.619. The van der Waals surface area contributed by atoms with Gasteiger partial charge in [-0.1, -0.05) is 18.2 Å². The molecule has 0 heterocycles. The maximum Gasteiger partial charge on any atom is 0.0734 e. The van der Waals surface area contributed by atoms with Crippen LogP contribution in [0.2, 0.25) is 0 Å². The number of benzene rings is 1. The van der Waals surface area contributed by atoms with Gasteiger partial charge in [0.2, 0.25) is 0 Å². The lowest BCUT2D eigenvalue weighted by atomic mass is 10.1. The lowest BCUT2D eigenvalue weighted by molar-refractivity contribution is 0.988. The highest BCUT2D eigenvalue weighted by atomic mass is 15.2. The highest BCUT2D eigenvalue weighted by molar-refractivity contribution is 5.73. The summed E-state index contributed by atoms with van der Waals surface area (Å²) in [4.78, 5) is 0. The van der Waals surface area contributed by atoms with Gasteiger partial charge in [0.1, 0.15) is 0 Å². The summed E-state index contributed by atoms with van der Waals surface area (Å²) in [7, 11) is 0. The second kappa shape index (κ2) is 3.64. The van der Waals surface area contributed by atoms with E-state index in [4.69, 9.17) is 17.3 Å². The number of hydrogen-bond donors (Lipinski definition) is 4. The second-order valence-electron chi connectivity index (χ2n) is 2.31. The monoisotopic (exact) mass is 164 g/mol. The van der Waals surface area contributed by atoms with Crippen LogP contribution in [-0.4, -0.2) is 0 Å². The summed E-state index contributed by atoms with van der Waals surface area (Å²) in [6.07, 6.45) is 1.38. The van der Waals surface area contributed by atoms with E-state index in [2.05, 4.69) is 5.43 Å².